The number of benzene rings is 3. The van der Waals surface area contributed by atoms with E-state index in [1.165, 1.54) is 19.1 Å². The van der Waals surface area contributed by atoms with E-state index in [9.17, 15) is 14.4 Å². The second kappa shape index (κ2) is 21.6. The van der Waals surface area contributed by atoms with Crippen molar-refractivity contribution in [2.75, 3.05) is 20.8 Å². The van der Waals surface area contributed by atoms with Crippen LogP contribution in [0, 0.1) is 0 Å². The smallest absolute Gasteiger partial charge is 0.411 e. The van der Waals surface area contributed by atoms with E-state index >= 15 is 4.79 Å². The van der Waals surface area contributed by atoms with Gasteiger partial charge in [0, 0.05) is 13.7 Å². The number of hydrogen-bond acceptors (Lipinski definition) is 11. The van der Waals surface area contributed by atoms with Crippen LogP contribution in [-0.4, -0.2) is 100 Å². The molecule has 0 bridgehead atoms. The predicted octanol–water partition coefficient (Wildman–Crippen LogP) is 7.11. The zero-order chi connectivity index (χ0) is 44.1. The van der Waals surface area contributed by atoms with Gasteiger partial charge in [-0.05, 0) is 55.6 Å². The first-order valence-corrected chi connectivity index (χ1v) is 23.1. The third kappa shape index (κ3) is 14.2. The Hall–Kier alpha value is -4.80. The van der Waals surface area contributed by atoms with Gasteiger partial charge in [0.05, 0.1) is 32.8 Å². The van der Waals surface area contributed by atoms with Crippen LogP contribution >= 0.6 is 0 Å². The number of carbonyl (C=O) groups is 4. The number of nitrogens with zero attached hydrogens (tertiary/aromatic N) is 1. The number of esters is 1. The quantitative estimate of drug-likeness (QED) is 0.0810. The minimum absolute atomic E-state index is 0.0141. The topological polar surface area (TPSA) is 160 Å². The highest BCUT2D eigenvalue weighted by Crippen LogP contribution is 2.37. The summed E-state index contributed by atoms with van der Waals surface area (Å²) < 4.78 is 42.3. The molecule has 0 aliphatic carbocycles. The van der Waals surface area contributed by atoms with Crippen molar-refractivity contribution in [3.8, 4) is 0 Å². The molecule has 328 valence electrons. The number of hydrogen-bond donors (Lipinski definition) is 2. The fraction of sp³-hybridized carbons (Fsp3) is 0.511. The lowest BCUT2D eigenvalue weighted by molar-refractivity contribution is -0.244. The summed E-state index contributed by atoms with van der Waals surface area (Å²) in [5, 5.41) is 5.80. The number of rotatable bonds is 17. The molecule has 3 aromatic carbocycles. The molecule has 1 saturated heterocycles. The van der Waals surface area contributed by atoms with Crippen molar-refractivity contribution < 1.29 is 52.0 Å². The standard InChI is InChI=1S/C45H63N3O11Si/c1-44(2,3)59-42(51)47-38-39(55-28-32-22-16-12-17-23-32)37(35(58-41(38)54-8)30-57-60(9,10)45(4,5)6)46-40(50)34(26-36(49)53-7)48(27-31-20-14-11-15-21-31)43(52)56-29-33-24-18-13-19-25-33/h11-25,34-35,37-39,41H,26-30H2,1-10H3,(H,46,50)(H,47,51)/t34-,35+,37+,38+,39-,41-/m0/s1. The molecule has 1 aliphatic heterocycles. The van der Waals surface area contributed by atoms with Crippen molar-refractivity contribution in [1.82, 2.24) is 15.5 Å². The first-order chi connectivity index (χ1) is 28.3. The van der Waals surface area contributed by atoms with Gasteiger partial charge in [-0.3, -0.25) is 14.5 Å². The normalized spacial score (nSPS) is 20.0. The molecular weight excluding hydrogens is 787 g/mol. The second-order valence-electron chi connectivity index (χ2n) is 17.3. The largest absolute Gasteiger partial charge is 0.469 e. The van der Waals surface area contributed by atoms with Crippen molar-refractivity contribution in [2.45, 2.75) is 128 Å². The van der Waals surface area contributed by atoms with E-state index in [4.69, 9.17) is 32.8 Å². The lowest BCUT2D eigenvalue weighted by Crippen LogP contribution is -2.70. The maximum atomic E-state index is 15.0. The average molecular weight is 850 g/mol. The van der Waals surface area contributed by atoms with Crippen LogP contribution in [0.3, 0.4) is 0 Å². The number of alkyl carbamates (subject to hydrolysis) is 1. The van der Waals surface area contributed by atoms with Gasteiger partial charge < -0.3 is 43.5 Å². The summed E-state index contributed by atoms with van der Waals surface area (Å²) in [5.41, 5.74) is 1.41. The van der Waals surface area contributed by atoms with E-state index in [1.54, 1.807) is 32.9 Å². The summed E-state index contributed by atoms with van der Waals surface area (Å²) in [7, 11) is 0.246. The first-order valence-electron chi connectivity index (χ1n) is 20.2. The van der Waals surface area contributed by atoms with Gasteiger partial charge in [-0.1, -0.05) is 112 Å². The van der Waals surface area contributed by atoms with Crippen LogP contribution in [0.15, 0.2) is 91.0 Å². The molecule has 60 heavy (non-hydrogen) atoms. The van der Waals surface area contributed by atoms with Crippen molar-refractivity contribution >= 4 is 32.4 Å². The molecular formula is C45H63N3O11Si. The van der Waals surface area contributed by atoms with Gasteiger partial charge in [0.15, 0.2) is 14.6 Å². The molecule has 1 heterocycles. The van der Waals surface area contributed by atoms with E-state index in [1.807, 2.05) is 78.9 Å². The highest BCUT2D eigenvalue weighted by molar-refractivity contribution is 6.74. The monoisotopic (exact) mass is 849 g/mol. The second-order valence-corrected chi connectivity index (χ2v) is 22.1. The highest BCUT2D eigenvalue weighted by Gasteiger charge is 2.51. The fourth-order valence-electron chi connectivity index (χ4n) is 6.26. The molecule has 0 saturated carbocycles. The van der Waals surface area contributed by atoms with Crippen LogP contribution in [0.25, 0.3) is 0 Å². The van der Waals surface area contributed by atoms with Crippen molar-refractivity contribution in [2.24, 2.45) is 0 Å². The molecule has 6 atom stereocenters. The van der Waals surface area contributed by atoms with E-state index in [-0.39, 0.29) is 31.4 Å². The Labute approximate surface area is 355 Å². The molecule has 15 heteroatoms. The molecule has 0 radical (unpaired) electrons. The number of carbonyl (C=O) groups excluding carboxylic acids is 4. The Bertz CT molecular complexity index is 1820. The Balaban J connectivity index is 1.81. The van der Waals surface area contributed by atoms with E-state index in [2.05, 4.69) is 44.5 Å². The summed E-state index contributed by atoms with van der Waals surface area (Å²) in [6.45, 7) is 15.7. The third-order valence-corrected chi connectivity index (χ3v) is 15.0. The summed E-state index contributed by atoms with van der Waals surface area (Å²) in [6.07, 6.45) is -5.11. The molecule has 1 fully saturated rings. The molecule has 4 rings (SSSR count). The molecule has 3 amide bonds. The molecule has 3 aromatic rings. The van der Waals surface area contributed by atoms with Gasteiger partial charge in [0.25, 0.3) is 0 Å². The predicted molar refractivity (Wildman–Crippen MR) is 228 cm³/mol. The minimum Gasteiger partial charge on any atom is -0.469 e. The molecule has 2 N–H and O–H groups in total. The molecule has 0 spiro atoms. The van der Waals surface area contributed by atoms with E-state index < -0.39 is 81.0 Å². The lowest BCUT2D eigenvalue weighted by Gasteiger charge is -2.48. The van der Waals surface area contributed by atoms with E-state index in [0.717, 1.165) is 11.1 Å². The zero-order valence-corrected chi connectivity index (χ0v) is 37.6. The Kier molecular flexibility index (Phi) is 17.3. The number of ether oxygens (including phenoxy) is 6. The number of methoxy groups -OCH3 is 2. The zero-order valence-electron chi connectivity index (χ0n) is 36.6. The Morgan fingerprint density at radius 3 is 1.83 bits per heavy atom. The SMILES string of the molecule is COC(=O)C[C@@H](C(=O)N[C@H]1[C@H](OCc2ccccc2)[C@@H](NC(=O)OC(C)(C)C)[C@@H](OC)O[C@@H]1CO[Si](C)(C)C(C)(C)C)N(Cc1ccccc1)C(=O)OCc1ccccc1. The summed E-state index contributed by atoms with van der Waals surface area (Å²) >= 11 is 0. The molecule has 14 nitrogen and oxygen atoms in total. The summed E-state index contributed by atoms with van der Waals surface area (Å²) in [5.74, 6) is -1.46. The van der Waals surface area contributed by atoms with Gasteiger partial charge in [0.2, 0.25) is 5.91 Å². The van der Waals surface area contributed by atoms with Crippen LogP contribution in [0.5, 0.6) is 0 Å². The fourth-order valence-corrected chi connectivity index (χ4v) is 7.27. The van der Waals surface area contributed by atoms with Crippen LogP contribution in [0.4, 0.5) is 9.59 Å². The molecule has 0 aromatic heterocycles. The number of nitrogens with one attached hydrogen (secondary N) is 2. The number of amides is 3. The van der Waals surface area contributed by atoms with Crippen molar-refractivity contribution in [1.29, 1.82) is 0 Å². The van der Waals surface area contributed by atoms with Crippen molar-refractivity contribution in [3.05, 3.63) is 108 Å². The summed E-state index contributed by atoms with van der Waals surface area (Å²) in [4.78, 5) is 56.9. The highest BCUT2D eigenvalue weighted by atomic mass is 28.4. The lowest BCUT2D eigenvalue weighted by atomic mass is 9.93. The third-order valence-electron chi connectivity index (χ3n) is 10.5. The Morgan fingerprint density at radius 1 is 0.767 bits per heavy atom. The Morgan fingerprint density at radius 2 is 1.32 bits per heavy atom. The van der Waals surface area contributed by atoms with Gasteiger partial charge in [0.1, 0.15) is 36.5 Å². The van der Waals surface area contributed by atoms with Crippen molar-refractivity contribution in [3.63, 3.8) is 0 Å². The van der Waals surface area contributed by atoms with Gasteiger partial charge in [-0.15, -0.1) is 0 Å². The van der Waals surface area contributed by atoms with Crippen LogP contribution < -0.4 is 10.6 Å². The molecule has 0 unspecified atom stereocenters. The minimum atomic E-state index is -2.41. The van der Waals surface area contributed by atoms with Gasteiger partial charge in [-0.2, -0.15) is 0 Å². The average Bonchev–Trinajstić information content (AvgIpc) is 3.20. The maximum absolute atomic E-state index is 15.0. The van der Waals surface area contributed by atoms with Crippen LogP contribution in [0.1, 0.15) is 64.7 Å². The molecule has 1 aliphatic rings. The van der Waals surface area contributed by atoms with E-state index in [0.29, 0.717) is 5.56 Å². The van der Waals surface area contributed by atoms with Crippen LogP contribution in [0.2, 0.25) is 18.1 Å². The first kappa shape index (κ1) is 47.9. The maximum Gasteiger partial charge on any atom is 0.411 e. The van der Waals surface area contributed by atoms with Crippen LogP contribution in [-0.2, 0) is 62.2 Å². The van der Waals surface area contributed by atoms with Gasteiger partial charge >= 0.3 is 18.2 Å². The van der Waals surface area contributed by atoms with Gasteiger partial charge in [-0.25, -0.2) is 9.59 Å². The summed E-state index contributed by atoms with van der Waals surface area (Å²) in [6, 6.07) is 24.1.